The lowest BCUT2D eigenvalue weighted by Crippen LogP contribution is -2.41. The summed E-state index contributed by atoms with van der Waals surface area (Å²) in [6, 6.07) is 9.65. The number of rotatable bonds is 9. The molecule has 0 unspecified atom stereocenters. The van der Waals surface area contributed by atoms with Crippen LogP contribution in [0.4, 0.5) is 5.69 Å². The van der Waals surface area contributed by atoms with Crippen LogP contribution < -0.4 is 9.64 Å². The number of hydrogen-bond acceptors (Lipinski definition) is 4. The first-order chi connectivity index (χ1) is 14.8. The minimum Gasteiger partial charge on any atom is -0.493 e. The Hall–Kier alpha value is -2.89. The molecule has 0 bridgehead atoms. The Labute approximate surface area is 185 Å². The number of aromatic nitrogens is 1. The second-order valence-electron chi connectivity index (χ2n) is 8.99. The Kier molecular flexibility index (Phi) is 7.66. The van der Waals surface area contributed by atoms with Crippen LogP contribution in [0.25, 0.3) is 0 Å². The highest BCUT2D eigenvalue weighted by molar-refractivity contribution is 6.04. The van der Waals surface area contributed by atoms with Gasteiger partial charge in [0.1, 0.15) is 12.2 Å². The summed E-state index contributed by atoms with van der Waals surface area (Å²) in [5.74, 6) is 1.29. The van der Waals surface area contributed by atoms with Gasteiger partial charge in [0, 0.05) is 37.6 Å². The lowest BCUT2D eigenvalue weighted by atomic mass is 10.1. The molecule has 31 heavy (non-hydrogen) atoms. The van der Waals surface area contributed by atoms with Crippen molar-refractivity contribution in [3.63, 3.8) is 0 Å². The standard InChI is InChI=1S/C25H33N3O3/c1-18(2)15-27(16-19(3)4)24(29)14-25(30)28(22-7-10-26-11-8-22)17-20-5-6-23-21(13-20)9-12-31-23/h5-8,10-11,13,18-19H,9,12,14-17H2,1-4H3. The molecule has 0 spiro atoms. The van der Waals surface area contributed by atoms with Crippen molar-refractivity contribution in [3.05, 3.63) is 53.9 Å². The van der Waals surface area contributed by atoms with Crippen molar-refractivity contribution in [1.82, 2.24) is 9.88 Å². The van der Waals surface area contributed by atoms with E-state index in [-0.39, 0.29) is 18.2 Å². The molecule has 6 heteroatoms. The molecule has 166 valence electrons. The fourth-order valence-electron chi connectivity index (χ4n) is 3.86. The number of anilines is 1. The summed E-state index contributed by atoms with van der Waals surface area (Å²) in [5, 5.41) is 0. The van der Waals surface area contributed by atoms with Crippen molar-refractivity contribution < 1.29 is 14.3 Å². The number of hydrogen-bond donors (Lipinski definition) is 0. The van der Waals surface area contributed by atoms with E-state index in [9.17, 15) is 9.59 Å². The first-order valence-electron chi connectivity index (χ1n) is 11.1. The van der Waals surface area contributed by atoms with Crippen LogP contribution in [-0.2, 0) is 22.6 Å². The van der Waals surface area contributed by atoms with Gasteiger partial charge in [-0.2, -0.15) is 0 Å². The van der Waals surface area contributed by atoms with E-state index in [4.69, 9.17) is 4.74 Å². The zero-order valence-electron chi connectivity index (χ0n) is 19.0. The number of carbonyl (C=O) groups excluding carboxylic acids is 2. The zero-order valence-corrected chi connectivity index (χ0v) is 19.0. The lowest BCUT2D eigenvalue weighted by Gasteiger charge is -2.28. The molecule has 1 aliphatic rings. The van der Waals surface area contributed by atoms with Gasteiger partial charge in [0.2, 0.25) is 11.8 Å². The molecule has 0 saturated heterocycles. The molecule has 0 atom stereocenters. The maximum Gasteiger partial charge on any atom is 0.236 e. The van der Waals surface area contributed by atoms with Gasteiger partial charge in [-0.25, -0.2) is 0 Å². The molecule has 2 heterocycles. The summed E-state index contributed by atoms with van der Waals surface area (Å²) < 4.78 is 5.59. The molecule has 1 aliphatic heterocycles. The summed E-state index contributed by atoms with van der Waals surface area (Å²) in [6.45, 7) is 10.8. The van der Waals surface area contributed by atoms with Crippen molar-refractivity contribution in [1.29, 1.82) is 0 Å². The van der Waals surface area contributed by atoms with Crippen molar-refractivity contribution in [2.75, 3.05) is 24.6 Å². The van der Waals surface area contributed by atoms with E-state index >= 15 is 0 Å². The smallest absolute Gasteiger partial charge is 0.236 e. The van der Waals surface area contributed by atoms with Crippen LogP contribution in [0.5, 0.6) is 5.75 Å². The largest absolute Gasteiger partial charge is 0.493 e. The molecule has 2 aromatic rings. The van der Waals surface area contributed by atoms with Gasteiger partial charge in [-0.1, -0.05) is 39.8 Å². The molecule has 3 rings (SSSR count). The average molecular weight is 424 g/mol. The first-order valence-corrected chi connectivity index (χ1v) is 11.1. The Morgan fingerprint density at radius 3 is 2.32 bits per heavy atom. The average Bonchev–Trinajstić information content (AvgIpc) is 3.19. The van der Waals surface area contributed by atoms with Crippen LogP contribution in [0.2, 0.25) is 0 Å². The van der Waals surface area contributed by atoms with Gasteiger partial charge >= 0.3 is 0 Å². The molecule has 0 radical (unpaired) electrons. The molecule has 0 saturated carbocycles. The van der Waals surface area contributed by atoms with Crippen LogP contribution in [0.3, 0.4) is 0 Å². The predicted octanol–water partition coefficient (Wildman–Crippen LogP) is 4.08. The molecule has 1 aromatic heterocycles. The Morgan fingerprint density at radius 1 is 1.00 bits per heavy atom. The molecular formula is C25H33N3O3. The maximum absolute atomic E-state index is 13.3. The van der Waals surface area contributed by atoms with Crippen molar-refractivity contribution in [2.24, 2.45) is 11.8 Å². The van der Waals surface area contributed by atoms with Crippen molar-refractivity contribution >= 4 is 17.5 Å². The highest BCUT2D eigenvalue weighted by Crippen LogP contribution is 2.27. The normalized spacial score (nSPS) is 12.6. The van der Waals surface area contributed by atoms with Crippen LogP contribution >= 0.6 is 0 Å². The van der Waals surface area contributed by atoms with Crippen LogP contribution in [0, 0.1) is 11.8 Å². The second-order valence-corrected chi connectivity index (χ2v) is 8.99. The molecule has 6 nitrogen and oxygen atoms in total. The number of carbonyl (C=O) groups is 2. The molecular weight excluding hydrogens is 390 g/mol. The van der Waals surface area contributed by atoms with Crippen LogP contribution in [-0.4, -0.2) is 41.4 Å². The Morgan fingerprint density at radius 2 is 1.68 bits per heavy atom. The molecule has 0 aliphatic carbocycles. The third kappa shape index (κ3) is 6.29. The van der Waals surface area contributed by atoms with Gasteiger partial charge in [-0.05, 0) is 41.2 Å². The number of benzene rings is 1. The van der Waals surface area contributed by atoms with Crippen LogP contribution in [0.15, 0.2) is 42.7 Å². The van der Waals surface area contributed by atoms with E-state index < -0.39 is 0 Å². The van der Waals surface area contributed by atoms with E-state index in [0.29, 0.717) is 38.1 Å². The molecule has 0 N–H and O–H groups in total. The van der Waals surface area contributed by atoms with E-state index in [1.165, 1.54) is 0 Å². The molecule has 1 aromatic carbocycles. The lowest BCUT2D eigenvalue weighted by molar-refractivity contribution is -0.136. The maximum atomic E-state index is 13.3. The highest BCUT2D eigenvalue weighted by Gasteiger charge is 2.24. The second kappa shape index (κ2) is 10.4. The summed E-state index contributed by atoms with van der Waals surface area (Å²) in [6.07, 6.45) is 4.07. The van der Waals surface area contributed by atoms with Gasteiger partial charge in [-0.3, -0.25) is 14.6 Å². The minimum absolute atomic E-state index is 0.117. The predicted molar refractivity (Wildman–Crippen MR) is 122 cm³/mol. The molecule has 2 amide bonds. The van der Waals surface area contributed by atoms with Gasteiger partial charge in [0.25, 0.3) is 0 Å². The number of nitrogens with zero attached hydrogens (tertiary/aromatic N) is 3. The topological polar surface area (TPSA) is 62.7 Å². The Balaban J connectivity index is 1.78. The third-order valence-corrected chi connectivity index (χ3v) is 5.20. The van der Waals surface area contributed by atoms with Gasteiger partial charge in [-0.15, -0.1) is 0 Å². The quantitative estimate of drug-likeness (QED) is 0.570. The van der Waals surface area contributed by atoms with E-state index in [1.807, 2.05) is 17.0 Å². The van der Waals surface area contributed by atoms with E-state index in [2.05, 4.69) is 38.7 Å². The van der Waals surface area contributed by atoms with Crippen molar-refractivity contribution in [3.8, 4) is 5.75 Å². The first kappa shape index (κ1) is 22.8. The number of fused-ring (bicyclic) bond motifs is 1. The monoisotopic (exact) mass is 423 g/mol. The number of ether oxygens (including phenoxy) is 1. The fraction of sp³-hybridized carbons (Fsp3) is 0.480. The van der Waals surface area contributed by atoms with E-state index in [0.717, 1.165) is 29.0 Å². The molecule has 0 fully saturated rings. The minimum atomic E-state index is -0.203. The van der Waals surface area contributed by atoms with Gasteiger partial charge in [0.15, 0.2) is 0 Å². The van der Waals surface area contributed by atoms with E-state index in [1.54, 1.807) is 29.4 Å². The number of pyridine rings is 1. The van der Waals surface area contributed by atoms with Crippen molar-refractivity contribution in [2.45, 2.75) is 47.1 Å². The highest BCUT2D eigenvalue weighted by atomic mass is 16.5. The summed E-state index contributed by atoms with van der Waals surface area (Å²) >= 11 is 0. The zero-order chi connectivity index (χ0) is 22.4. The van der Waals surface area contributed by atoms with Crippen LogP contribution in [0.1, 0.15) is 45.2 Å². The summed E-state index contributed by atoms with van der Waals surface area (Å²) in [5.41, 5.74) is 2.92. The number of amides is 2. The SMILES string of the molecule is CC(C)CN(CC(C)C)C(=O)CC(=O)N(Cc1ccc2c(c1)CCO2)c1ccncc1. The summed E-state index contributed by atoms with van der Waals surface area (Å²) in [7, 11) is 0. The fourth-order valence-corrected chi connectivity index (χ4v) is 3.86. The summed E-state index contributed by atoms with van der Waals surface area (Å²) in [4.78, 5) is 33.9. The third-order valence-electron chi connectivity index (χ3n) is 5.20. The Bertz CT molecular complexity index is 886. The van der Waals surface area contributed by atoms with Gasteiger partial charge < -0.3 is 14.5 Å². The van der Waals surface area contributed by atoms with Gasteiger partial charge in [0.05, 0.1) is 13.2 Å².